The number of nitrogens with zero attached hydrogens (tertiary/aromatic N) is 6. The van der Waals surface area contributed by atoms with Crippen molar-refractivity contribution in [3.8, 4) is 0 Å². The van der Waals surface area contributed by atoms with Crippen molar-refractivity contribution in [1.82, 2.24) is 29.5 Å². The molecule has 0 spiro atoms. The standard InChI is InChI=1S/C21H16FN7OS/c1-28-18-15(19-20(28)26-17(31-19)6-13-5-12(22)7-23-13)9-25-29(21(18)30)10-11-3-2-4-16-14(11)8-24-27-16/h2-5,8-9H,6-7,10H2,1H3,(H,24,27). The third-order valence-electron chi connectivity index (χ3n) is 5.55. The molecular weight excluding hydrogens is 417 g/mol. The van der Waals surface area contributed by atoms with Gasteiger partial charge in [0.15, 0.2) is 5.65 Å². The van der Waals surface area contributed by atoms with E-state index in [2.05, 4.69) is 25.3 Å². The Balaban J connectivity index is 1.42. The van der Waals surface area contributed by atoms with Crippen molar-refractivity contribution in [2.45, 2.75) is 13.0 Å². The molecule has 0 radical (unpaired) electrons. The van der Waals surface area contributed by atoms with Crippen LogP contribution in [0.4, 0.5) is 4.39 Å². The van der Waals surface area contributed by atoms with Crippen molar-refractivity contribution >= 4 is 49.2 Å². The van der Waals surface area contributed by atoms with Gasteiger partial charge < -0.3 is 4.57 Å². The van der Waals surface area contributed by atoms with Crippen molar-refractivity contribution in [2.75, 3.05) is 6.54 Å². The molecule has 0 saturated carbocycles. The van der Waals surface area contributed by atoms with Gasteiger partial charge in [-0.1, -0.05) is 12.1 Å². The van der Waals surface area contributed by atoms with Crippen LogP contribution in [0.1, 0.15) is 10.6 Å². The van der Waals surface area contributed by atoms with Gasteiger partial charge in [-0.2, -0.15) is 10.2 Å². The van der Waals surface area contributed by atoms with Gasteiger partial charge in [-0.15, -0.1) is 11.3 Å². The van der Waals surface area contributed by atoms with Crippen molar-refractivity contribution in [1.29, 1.82) is 0 Å². The molecule has 0 atom stereocenters. The molecular formula is C21H16FN7OS. The molecule has 10 heteroatoms. The van der Waals surface area contributed by atoms with Crippen molar-refractivity contribution in [3.63, 3.8) is 0 Å². The molecule has 0 bridgehead atoms. The first-order chi connectivity index (χ1) is 15.1. The highest BCUT2D eigenvalue weighted by atomic mass is 32.1. The maximum absolute atomic E-state index is 13.3. The highest BCUT2D eigenvalue weighted by molar-refractivity contribution is 7.19. The van der Waals surface area contributed by atoms with Crippen molar-refractivity contribution in [2.24, 2.45) is 12.0 Å². The number of aryl methyl sites for hydroxylation is 1. The lowest BCUT2D eigenvalue weighted by Crippen LogP contribution is -2.24. The largest absolute Gasteiger partial charge is 0.323 e. The van der Waals surface area contributed by atoms with E-state index in [1.165, 1.54) is 22.1 Å². The van der Waals surface area contributed by atoms with Gasteiger partial charge in [-0.25, -0.2) is 14.1 Å². The molecule has 0 fully saturated rings. The number of aromatic nitrogens is 6. The minimum atomic E-state index is -0.225. The van der Waals surface area contributed by atoms with E-state index in [4.69, 9.17) is 0 Å². The van der Waals surface area contributed by atoms with Crippen molar-refractivity contribution < 1.29 is 4.39 Å². The van der Waals surface area contributed by atoms with Gasteiger partial charge >= 0.3 is 0 Å². The second kappa shape index (κ2) is 6.67. The molecule has 1 aliphatic rings. The first kappa shape index (κ1) is 18.1. The molecule has 0 aliphatic carbocycles. The van der Waals surface area contributed by atoms with Crippen LogP contribution in [-0.2, 0) is 20.0 Å². The summed E-state index contributed by atoms with van der Waals surface area (Å²) in [5, 5.41) is 14.0. The summed E-state index contributed by atoms with van der Waals surface area (Å²) in [6, 6.07) is 5.84. The number of fused-ring (bicyclic) bond motifs is 4. The van der Waals surface area contributed by atoms with E-state index in [-0.39, 0.29) is 17.9 Å². The van der Waals surface area contributed by atoms with E-state index in [9.17, 15) is 9.18 Å². The van der Waals surface area contributed by atoms with Gasteiger partial charge in [0.2, 0.25) is 0 Å². The van der Waals surface area contributed by atoms with E-state index >= 15 is 0 Å². The summed E-state index contributed by atoms with van der Waals surface area (Å²) in [6.45, 7) is 0.458. The van der Waals surface area contributed by atoms with Crippen LogP contribution in [0, 0.1) is 0 Å². The molecule has 1 aliphatic heterocycles. The zero-order valence-corrected chi connectivity index (χ0v) is 17.3. The quantitative estimate of drug-likeness (QED) is 0.471. The van der Waals surface area contributed by atoms with Gasteiger partial charge in [0.25, 0.3) is 5.56 Å². The summed E-state index contributed by atoms with van der Waals surface area (Å²) in [6.07, 6.45) is 5.43. The molecule has 4 aromatic heterocycles. The molecule has 6 rings (SSSR count). The second-order valence-electron chi connectivity index (χ2n) is 7.51. The molecule has 0 unspecified atom stereocenters. The zero-order valence-electron chi connectivity index (χ0n) is 16.5. The summed E-state index contributed by atoms with van der Waals surface area (Å²) < 4.78 is 17.5. The SMILES string of the molecule is Cn1c2nc(CC3=NCC(F)=C3)sc2c2cnn(Cc3cccc4[nH]ncc34)c(=O)c21. The lowest BCUT2D eigenvalue weighted by molar-refractivity contribution is 0.627. The fourth-order valence-corrected chi connectivity index (χ4v) is 5.18. The predicted molar refractivity (Wildman–Crippen MR) is 119 cm³/mol. The number of aromatic amines is 1. The third kappa shape index (κ3) is 2.82. The Morgan fingerprint density at radius 2 is 2.16 bits per heavy atom. The summed E-state index contributed by atoms with van der Waals surface area (Å²) in [5.74, 6) is -0.225. The van der Waals surface area contributed by atoms with Gasteiger partial charge in [0.1, 0.15) is 16.4 Å². The van der Waals surface area contributed by atoms with Crippen molar-refractivity contribution in [3.05, 3.63) is 63.4 Å². The summed E-state index contributed by atoms with van der Waals surface area (Å²) in [5.41, 5.74) is 3.70. The molecule has 154 valence electrons. The average Bonchev–Trinajstić information content (AvgIpc) is 3.52. The Hall–Kier alpha value is -3.66. The summed E-state index contributed by atoms with van der Waals surface area (Å²) in [7, 11) is 1.84. The monoisotopic (exact) mass is 433 g/mol. The van der Waals surface area contributed by atoms with E-state index in [1.807, 2.05) is 29.8 Å². The Labute approximate surface area is 178 Å². The Kier molecular flexibility index (Phi) is 3.90. The van der Waals surface area contributed by atoms with Gasteiger partial charge in [0.05, 0.1) is 35.7 Å². The molecule has 5 aromatic rings. The van der Waals surface area contributed by atoms with E-state index < -0.39 is 0 Å². The van der Waals surface area contributed by atoms with Gasteiger partial charge in [-0.05, 0) is 17.7 Å². The normalized spacial score (nSPS) is 14.1. The fourth-order valence-electron chi connectivity index (χ4n) is 4.06. The summed E-state index contributed by atoms with van der Waals surface area (Å²) in [4.78, 5) is 22.1. The van der Waals surface area contributed by atoms with Crippen LogP contribution in [0.25, 0.3) is 32.2 Å². The lowest BCUT2D eigenvalue weighted by Gasteiger charge is -2.07. The first-order valence-corrected chi connectivity index (χ1v) is 10.5. The number of benzene rings is 1. The average molecular weight is 433 g/mol. The smallest absolute Gasteiger partial charge is 0.291 e. The lowest BCUT2D eigenvalue weighted by atomic mass is 10.1. The number of allylic oxidation sites excluding steroid dienone is 1. The molecule has 1 aromatic carbocycles. The number of H-pyrrole nitrogens is 1. The number of halogens is 1. The topological polar surface area (TPSA) is 93.8 Å². The summed E-state index contributed by atoms with van der Waals surface area (Å²) >= 11 is 1.49. The number of thiazole rings is 1. The Bertz CT molecular complexity index is 1620. The number of nitrogens with one attached hydrogen (secondary N) is 1. The van der Waals surface area contributed by atoms with Crippen LogP contribution in [0.5, 0.6) is 0 Å². The maximum atomic E-state index is 13.3. The Morgan fingerprint density at radius 3 is 3.00 bits per heavy atom. The maximum Gasteiger partial charge on any atom is 0.291 e. The van der Waals surface area contributed by atoms with Crippen LogP contribution in [0.2, 0.25) is 0 Å². The number of aliphatic imine (C=N–C) groups is 1. The van der Waals surface area contributed by atoms with E-state index in [0.717, 1.165) is 37.2 Å². The third-order valence-corrected chi connectivity index (χ3v) is 6.63. The fraction of sp³-hybridized carbons (Fsp3) is 0.190. The highest BCUT2D eigenvalue weighted by Gasteiger charge is 2.19. The van der Waals surface area contributed by atoms with E-state index in [0.29, 0.717) is 24.2 Å². The number of hydrogen-bond donors (Lipinski definition) is 1. The Morgan fingerprint density at radius 1 is 1.26 bits per heavy atom. The molecule has 5 heterocycles. The molecule has 31 heavy (non-hydrogen) atoms. The van der Waals surface area contributed by atoms with Crippen LogP contribution < -0.4 is 5.56 Å². The minimum Gasteiger partial charge on any atom is -0.323 e. The van der Waals surface area contributed by atoms with Crippen LogP contribution in [-0.4, -0.2) is 41.8 Å². The number of hydrogen-bond acceptors (Lipinski definition) is 6. The molecule has 1 N–H and O–H groups in total. The molecule has 0 amide bonds. The molecule has 0 saturated heterocycles. The van der Waals surface area contributed by atoms with Crippen LogP contribution in [0.15, 0.2) is 52.3 Å². The van der Waals surface area contributed by atoms with E-state index in [1.54, 1.807) is 12.4 Å². The van der Waals surface area contributed by atoms with Crippen LogP contribution in [0.3, 0.4) is 0 Å². The van der Waals surface area contributed by atoms with Crippen LogP contribution >= 0.6 is 11.3 Å². The number of rotatable bonds is 4. The molecule has 8 nitrogen and oxygen atoms in total. The predicted octanol–water partition coefficient (Wildman–Crippen LogP) is 3.12. The zero-order chi connectivity index (χ0) is 21.1. The second-order valence-corrected chi connectivity index (χ2v) is 8.60. The van der Waals surface area contributed by atoms with Gasteiger partial charge in [0, 0.05) is 30.0 Å². The highest BCUT2D eigenvalue weighted by Crippen LogP contribution is 2.31. The first-order valence-electron chi connectivity index (χ1n) is 9.73. The minimum absolute atomic E-state index is 0.110. The van der Waals surface area contributed by atoms with Gasteiger partial charge in [-0.3, -0.25) is 14.9 Å².